The first-order valence-corrected chi connectivity index (χ1v) is 8.98. The van der Waals surface area contributed by atoms with Crippen molar-refractivity contribution in [2.45, 2.75) is 32.2 Å². The molecule has 7 heteroatoms. The number of amides is 2. The summed E-state index contributed by atoms with van der Waals surface area (Å²) in [6, 6.07) is 4.18. The first-order chi connectivity index (χ1) is 11.5. The van der Waals surface area contributed by atoms with Crippen LogP contribution >= 0.6 is 23.2 Å². The summed E-state index contributed by atoms with van der Waals surface area (Å²) in [6.45, 7) is 4.35. The molecule has 1 aliphatic rings. The molecule has 2 unspecified atom stereocenters. The van der Waals surface area contributed by atoms with Crippen LogP contribution in [-0.4, -0.2) is 37.5 Å². The molecule has 0 spiro atoms. The average Bonchev–Trinajstić information content (AvgIpc) is 2.58. The minimum Gasteiger partial charge on any atom is -0.354 e. The first-order valence-electron chi connectivity index (χ1n) is 8.22. The molecule has 0 aliphatic carbocycles. The third kappa shape index (κ3) is 5.36. The summed E-state index contributed by atoms with van der Waals surface area (Å²) in [5.74, 6) is -0.0129. The zero-order valence-electron chi connectivity index (χ0n) is 13.7. The number of hydrogen-bond donors (Lipinski definition) is 3. The molecule has 1 aliphatic heterocycles. The Morgan fingerprint density at radius 3 is 2.88 bits per heavy atom. The van der Waals surface area contributed by atoms with Gasteiger partial charge in [-0.15, -0.1) is 0 Å². The van der Waals surface area contributed by atoms with Gasteiger partial charge in [-0.25, -0.2) is 0 Å². The Hall–Kier alpha value is -1.30. The van der Waals surface area contributed by atoms with Crippen LogP contribution in [0.4, 0.5) is 0 Å². The van der Waals surface area contributed by atoms with Gasteiger partial charge in [0.05, 0.1) is 15.6 Å². The van der Waals surface area contributed by atoms with E-state index in [1.165, 1.54) is 12.8 Å². The molecule has 1 heterocycles. The Morgan fingerprint density at radius 1 is 1.38 bits per heavy atom. The number of hydrogen-bond acceptors (Lipinski definition) is 3. The Morgan fingerprint density at radius 2 is 2.17 bits per heavy atom. The quantitative estimate of drug-likeness (QED) is 0.719. The van der Waals surface area contributed by atoms with Crippen molar-refractivity contribution in [3.05, 3.63) is 33.8 Å². The topological polar surface area (TPSA) is 70.2 Å². The van der Waals surface area contributed by atoms with Crippen LogP contribution in [0.5, 0.6) is 0 Å². The van der Waals surface area contributed by atoms with E-state index in [0.29, 0.717) is 17.5 Å². The van der Waals surface area contributed by atoms with Gasteiger partial charge in [0, 0.05) is 6.54 Å². The molecule has 0 bridgehead atoms. The van der Waals surface area contributed by atoms with Crippen LogP contribution in [0.2, 0.25) is 10.0 Å². The van der Waals surface area contributed by atoms with Gasteiger partial charge in [0.15, 0.2) is 0 Å². The molecule has 0 radical (unpaired) electrons. The number of piperidine rings is 1. The predicted octanol–water partition coefficient (Wildman–Crippen LogP) is 2.62. The van der Waals surface area contributed by atoms with Gasteiger partial charge in [0.1, 0.15) is 6.04 Å². The summed E-state index contributed by atoms with van der Waals surface area (Å²) in [7, 11) is 0. The highest BCUT2D eigenvalue weighted by Crippen LogP contribution is 2.25. The number of halogens is 2. The second-order valence-corrected chi connectivity index (χ2v) is 6.87. The average molecular weight is 372 g/mol. The highest BCUT2D eigenvalue weighted by Gasteiger charge is 2.19. The smallest absolute Gasteiger partial charge is 0.253 e. The Bertz CT molecular complexity index is 589. The number of carbonyl (C=O) groups excluding carboxylic acids is 2. The number of carbonyl (C=O) groups is 2. The maximum atomic E-state index is 12.2. The monoisotopic (exact) mass is 371 g/mol. The van der Waals surface area contributed by atoms with Gasteiger partial charge in [0.2, 0.25) is 5.91 Å². The Kier molecular flexibility index (Phi) is 7.34. The number of nitrogens with one attached hydrogen (secondary N) is 3. The van der Waals surface area contributed by atoms with Crippen molar-refractivity contribution in [2.24, 2.45) is 5.92 Å². The zero-order valence-corrected chi connectivity index (χ0v) is 15.2. The van der Waals surface area contributed by atoms with E-state index in [2.05, 4.69) is 16.0 Å². The maximum absolute atomic E-state index is 12.2. The molecule has 1 fully saturated rings. The van der Waals surface area contributed by atoms with E-state index in [0.717, 1.165) is 19.5 Å². The fraction of sp³-hybridized carbons (Fsp3) is 0.529. The van der Waals surface area contributed by atoms with Crippen LogP contribution in [0.3, 0.4) is 0 Å². The summed E-state index contributed by atoms with van der Waals surface area (Å²) in [4.78, 5) is 24.3. The summed E-state index contributed by atoms with van der Waals surface area (Å²) in [6.07, 6.45) is 3.33. The van der Waals surface area contributed by atoms with Crippen LogP contribution in [0, 0.1) is 5.92 Å². The summed E-state index contributed by atoms with van der Waals surface area (Å²) < 4.78 is 0. The van der Waals surface area contributed by atoms with E-state index in [1.807, 2.05) is 0 Å². The molecule has 0 aromatic heterocycles. The summed E-state index contributed by atoms with van der Waals surface area (Å²) in [5, 5.41) is 9.37. The van der Waals surface area contributed by atoms with E-state index in [4.69, 9.17) is 23.2 Å². The fourth-order valence-electron chi connectivity index (χ4n) is 2.74. The molecule has 3 N–H and O–H groups in total. The lowest BCUT2D eigenvalue weighted by Gasteiger charge is -2.23. The second kappa shape index (κ2) is 9.25. The van der Waals surface area contributed by atoms with E-state index >= 15 is 0 Å². The van der Waals surface area contributed by atoms with E-state index in [1.54, 1.807) is 25.1 Å². The van der Waals surface area contributed by atoms with Crippen LogP contribution in [0.15, 0.2) is 18.2 Å². The van der Waals surface area contributed by atoms with E-state index in [9.17, 15) is 9.59 Å². The molecule has 5 nitrogen and oxygen atoms in total. The number of benzene rings is 1. The lowest BCUT2D eigenvalue weighted by Crippen LogP contribution is -2.45. The van der Waals surface area contributed by atoms with Gasteiger partial charge in [-0.3, -0.25) is 9.59 Å². The van der Waals surface area contributed by atoms with Crippen molar-refractivity contribution < 1.29 is 9.59 Å². The van der Waals surface area contributed by atoms with Gasteiger partial charge >= 0.3 is 0 Å². The standard InChI is InChI=1S/C17H23Cl2N3O2/c1-11(16(23)21-9-7-12-4-3-8-20-10-12)22-17(24)13-5-2-6-14(18)15(13)19/h2,5-6,11-12,20H,3-4,7-10H2,1H3,(H,21,23)(H,22,24). The third-order valence-electron chi connectivity index (χ3n) is 4.19. The molecule has 1 saturated heterocycles. The minimum absolute atomic E-state index is 0.189. The van der Waals surface area contributed by atoms with Crippen molar-refractivity contribution in [3.8, 4) is 0 Å². The lowest BCUT2D eigenvalue weighted by atomic mass is 9.96. The zero-order chi connectivity index (χ0) is 17.5. The molecule has 132 valence electrons. The van der Waals surface area contributed by atoms with Crippen molar-refractivity contribution in [1.29, 1.82) is 0 Å². The first kappa shape index (κ1) is 19.0. The van der Waals surface area contributed by atoms with Gasteiger partial charge in [-0.05, 0) is 57.3 Å². The fourth-order valence-corrected chi connectivity index (χ4v) is 3.13. The van der Waals surface area contributed by atoms with Crippen LogP contribution in [0.25, 0.3) is 0 Å². The molecule has 24 heavy (non-hydrogen) atoms. The van der Waals surface area contributed by atoms with Crippen LogP contribution in [0.1, 0.15) is 36.5 Å². The van der Waals surface area contributed by atoms with Crippen LogP contribution in [-0.2, 0) is 4.79 Å². The Labute approximate surface area is 152 Å². The summed E-state index contributed by atoms with van der Waals surface area (Å²) >= 11 is 11.9. The molecule has 1 aromatic carbocycles. The maximum Gasteiger partial charge on any atom is 0.253 e. The molecule has 2 rings (SSSR count). The minimum atomic E-state index is -0.642. The van der Waals surface area contributed by atoms with Gasteiger partial charge in [-0.1, -0.05) is 29.3 Å². The highest BCUT2D eigenvalue weighted by molar-refractivity contribution is 6.43. The molecule has 1 aromatic rings. The number of rotatable bonds is 6. The Balaban J connectivity index is 1.78. The molecular weight excluding hydrogens is 349 g/mol. The third-order valence-corrected chi connectivity index (χ3v) is 5.01. The predicted molar refractivity (Wildman–Crippen MR) is 96.6 cm³/mol. The van der Waals surface area contributed by atoms with Crippen molar-refractivity contribution >= 4 is 35.0 Å². The normalized spacial score (nSPS) is 18.7. The highest BCUT2D eigenvalue weighted by atomic mass is 35.5. The molecule has 2 amide bonds. The molecule has 0 saturated carbocycles. The van der Waals surface area contributed by atoms with E-state index < -0.39 is 11.9 Å². The second-order valence-electron chi connectivity index (χ2n) is 6.09. The molecular formula is C17H23Cl2N3O2. The summed E-state index contributed by atoms with van der Waals surface area (Å²) in [5.41, 5.74) is 0.261. The van der Waals surface area contributed by atoms with Crippen molar-refractivity contribution in [1.82, 2.24) is 16.0 Å². The van der Waals surface area contributed by atoms with Crippen LogP contribution < -0.4 is 16.0 Å². The van der Waals surface area contributed by atoms with Crippen molar-refractivity contribution in [2.75, 3.05) is 19.6 Å². The van der Waals surface area contributed by atoms with Crippen molar-refractivity contribution in [3.63, 3.8) is 0 Å². The van der Waals surface area contributed by atoms with Gasteiger partial charge < -0.3 is 16.0 Å². The van der Waals surface area contributed by atoms with Gasteiger partial charge in [-0.2, -0.15) is 0 Å². The SMILES string of the molecule is CC(NC(=O)c1cccc(Cl)c1Cl)C(=O)NCCC1CCCNC1. The largest absolute Gasteiger partial charge is 0.354 e. The molecule has 2 atom stereocenters. The lowest BCUT2D eigenvalue weighted by molar-refractivity contribution is -0.122. The van der Waals surface area contributed by atoms with Gasteiger partial charge in [0.25, 0.3) is 5.91 Å². The van der Waals surface area contributed by atoms with E-state index in [-0.39, 0.29) is 16.5 Å².